The van der Waals surface area contributed by atoms with Crippen molar-refractivity contribution in [1.82, 2.24) is 0 Å². The van der Waals surface area contributed by atoms with Gasteiger partial charge in [-0.25, -0.2) is 4.57 Å². The molecule has 0 heterocycles. The van der Waals surface area contributed by atoms with Gasteiger partial charge in [0.25, 0.3) is 0 Å². The Hall–Kier alpha value is -2.58. The molecule has 0 rings (SSSR count). The van der Waals surface area contributed by atoms with Gasteiger partial charge < -0.3 is 20.1 Å². The van der Waals surface area contributed by atoms with Gasteiger partial charge in [-0.3, -0.25) is 13.8 Å². The quantitative estimate of drug-likeness (QED) is 0.0269. The van der Waals surface area contributed by atoms with Crippen LogP contribution in [0.2, 0.25) is 0 Å². The van der Waals surface area contributed by atoms with Crippen LogP contribution < -0.4 is 5.73 Å². The fourth-order valence-electron chi connectivity index (χ4n) is 6.03. The van der Waals surface area contributed by atoms with Gasteiger partial charge in [0.2, 0.25) is 0 Å². The van der Waals surface area contributed by atoms with Crippen LogP contribution in [0.1, 0.15) is 181 Å². The number of nitrogens with two attached hydrogens (primary N) is 1. The van der Waals surface area contributed by atoms with Crippen molar-refractivity contribution in [2.45, 2.75) is 187 Å². The Morgan fingerprint density at radius 1 is 0.517 bits per heavy atom. The standard InChI is InChI=1S/C51H88NO7P/c1-3-5-7-9-11-13-15-17-19-21-23-24-25-27-29-31-33-35-37-39-41-43-46-56-48-50(49-58-60(54,55)57-47-45-52)59-51(53)44-42-40-38-36-34-32-30-28-26-22-20-18-16-14-12-10-8-6-4-2/h6,8,12,14-15,17-18,20-21,23,25-28,32,34,50H,3-5,7,9-11,13,16,19,22,24,29-31,33,35-49,52H2,1-2H3,(H,54,55)/b8-6-,14-12-,17-15-,20-18-,23-21-,27-25-,28-26-,34-32-. The second-order valence-electron chi connectivity index (χ2n) is 15.2. The zero-order valence-corrected chi connectivity index (χ0v) is 39.1. The maximum absolute atomic E-state index is 12.6. The average molecular weight is 858 g/mol. The molecule has 0 saturated heterocycles. The number of ether oxygens (including phenoxy) is 2. The summed E-state index contributed by atoms with van der Waals surface area (Å²) in [6.45, 7) is 4.71. The highest BCUT2D eigenvalue weighted by atomic mass is 31.2. The van der Waals surface area contributed by atoms with Crippen molar-refractivity contribution in [3.8, 4) is 0 Å². The fraction of sp³-hybridized carbons (Fsp3) is 0.667. The van der Waals surface area contributed by atoms with E-state index in [1.54, 1.807) is 0 Å². The number of allylic oxidation sites excluding steroid dienone is 16. The molecule has 0 radical (unpaired) electrons. The lowest BCUT2D eigenvalue weighted by molar-refractivity contribution is -0.154. The Kier molecular flexibility index (Phi) is 45.4. The molecule has 0 spiro atoms. The Morgan fingerprint density at radius 3 is 1.40 bits per heavy atom. The summed E-state index contributed by atoms with van der Waals surface area (Å²) in [6, 6.07) is 0. The van der Waals surface area contributed by atoms with E-state index in [1.165, 1.54) is 64.2 Å². The number of hydrogen-bond donors (Lipinski definition) is 2. The molecule has 0 aliphatic rings. The second kappa shape index (κ2) is 47.5. The van der Waals surface area contributed by atoms with Crippen LogP contribution in [-0.4, -0.2) is 49.9 Å². The molecule has 344 valence electrons. The first kappa shape index (κ1) is 57.4. The number of hydrogen-bond acceptors (Lipinski definition) is 7. The molecule has 0 saturated carbocycles. The lowest BCUT2D eigenvalue weighted by Crippen LogP contribution is -2.28. The first-order chi connectivity index (χ1) is 29.4. The van der Waals surface area contributed by atoms with Gasteiger partial charge in [-0.05, 0) is 96.3 Å². The van der Waals surface area contributed by atoms with Crippen molar-refractivity contribution >= 4 is 13.8 Å². The van der Waals surface area contributed by atoms with Crippen LogP contribution in [0.25, 0.3) is 0 Å². The van der Waals surface area contributed by atoms with Gasteiger partial charge in [-0.1, -0.05) is 175 Å². The van der Waals surface area contributed by atoms with E-state index in [4.69, 9.17) is 24.3 Å². The van der Waals surface area contributed by atoms with E-state index in [1.807, 2.05) is 0 Å². The minimum Gasteiger partial charge on any atom is -0.457 e. The Bertz CT molecular complexity index is 1240. The molecule has 8 nitrogen and oxygen atoms in total. The molecule has 60 heavy (non-hydrogen) atoms. The zero-order valence-electron chi connectivity index (χ0n) is 38.2. The van der Waals surface area contributed by atoms with Crippen molar-refractivity contribution in [3.63, 3.8) is 0 Å². The van der Waals surface area contributed by atoms with E-state index in [0.29, 0.717) is 13.0 Å². The molecule has 0 aromatic rings. The highest BCUT2D eigenvalue weighted by Gasteiger charge is 2.25. The second-order valence-corrected chi connectivity index (χ2v) is 16.7. The first-order valence-electron chi connectivity index (χ1n) is 23.7. The number of carbonyl (C=O) groups is 1. The number of phosphoric acid groups is 1. The number of esters is 1. The van der Waals surface area contributed by atoms with Crippen molar-refractivity contribution < 1.29 is 32.8 Å². The number of unbranched alkanes of at least 4 members (excludes halogenated alkanes) is 15. The summed E-state index contributed by atoms with van der Waals surface area (Å²) in [5.41, 5.74) is 5.38. The average Bonchev–Trinajstić information content (AvgIpc) is 3.24. The minimum atomic E-state index is -4.30. The van der Waals surface area contributed by atoms with E-state index in [9.17, 15) is 14.3 Å². The van der Waals surface area contributed by atoms with Gasteiger partial charge in [-0.2, -0.15) is 0 Å². The van der Waals surface area contributed by atoms with Crippen LogP contribution in [-0.2, 0) is 27.9 Å². The maximum Gasteiger partial charge on any atom is 0.472 e. The van der Waals surface area contributed by atoms with Crippen molar-refractivity contribution in [2.24, 2.45) is 5.73 Å². The summed E-state index contributed by atoms with van der Waals surface area (Å²) in [5.74, 6) is -0.368. The highest BCUT2D eigenvalue weighted by molar-refractivity contribution is 7.47. The molecule has 0 amide bonds. The molecule has 0 aromatic heterocycles. The van der Waals surface area contributed by atoms with Crippen LogP contribution in [0.4, 0.5) is 0 Å². The van der Waals surface area contributed by atoms with E-state index in [2.05, 4.69) is 111 Å². The molecule has 0 aromatic carbocycles. The first-order valence-corrected chi connectivity index (χ1v) is 25.2. The molecule has 0 aliphatic heterocycles. The van der Waals surface area contributed by atoms with Gasteiger partial charge in [-0.15, -0.1) is 0 Å². The molecular weight excluding hydrogens is 770 g/mol. The Balaban J connectivity index is 4.10. The van der Waals surface area contributed by atoms with Crippen LogP contribution in [0, 0.1) is 0 Å². The van der Waals surface area contributed by atoms with Crippen LogP contribution >= 0.6 is 7.82 Å². The lowest BCUT2D eigenvalue weighted by Gasteiger charge is -2.20. The summed E-state index contributed by atoms with van der Waals surface area (Å²) < 4.78 is 33.5. The highest BCUT2D eigenvalue weighted by Crippen LogP contribution is 2.43. The zero-order chi connectivity index (χ0) is 43.7. The summed E-state index contributed by atoms with van der Waals surface area (Å²) in [4.78, 5) is 22.5. The Labute approximate surface area is 368 Å². The third kappa shape index (κ3) is 46.5. The molecule has 0 aliphatic carbocycles. The summed E-state index contributed by atoms with van der Waals surface area (Å²) >= 11 is 0. The smallest absolute Gasteiger partial charge is 0.457 e. The molecule has 2 atom stereocenters. The molecule has 0 bridgehead atoms. The van der Waals surface area contributed by atoms with Gasteiger partial charge >= 0.3 is 13.8 Å². The number of phosphoric ester groups is 1. The van der Waals surface area contributed by atoms with Crippen LogP contribution in [0.15, 0.2) is 97.2 Å². The van der Waals surface area contributed by atoms with Gasteiger partial charge in [0, 0.05) is 19.6 Å². The summed E-state index contributed by atoms with van der Waals surface area (Å²) in [6.07, 6.45) is 62.9. The van der Waals surface area contributed by atoms with E-state index >= 15 is 0 Å². The van der Waals surface area contributed by atoms with Crippen molar-refractivity contribution in [3.05, 3.63) is 97.2 Å². The van der Waals surface area contributed by atoms with Crippen LogP contribution in [0.5, 0.6) is 0 Å². The molecule has 0 fully saturated rings. The molecule has 9 heteroatoms. The summed E-state index contributed by atoms with van der Waals surface area (Å²) in [7, 11) is -4.30. The predicted octanol–water partition coefficient (Wildman–Crippen LogP) is 14.6. The van der Waals surface area contributed by atoms with Crippen molar-refractivity contribution in [1.29, 1.82) is 0 Å². The van der Waals surface area contributed by atoms with Crippen LogP contribution in [0.3, 0.4) is 0 Å². The van der Waals surface area contributed by atoms with Gasteiger partial charge in [0.15, 0.2) is 0 Å². The third-order valence-electron chi connectivity index (χ3n) is 9.49. The largest absolute Gasteiger partial charge is 0.472 e. The number of rotatable bonds is 44. The fourth-order valence-corrected chi connectivity index (χ4v) is 6.79. The molecule has 2 unspecified atom stereocenters. The topological polar surface area (TPSA) is 117 Å². The van der Waals surface area contributed by atoms with E-state index in [0.717, 1.165) is 89.9 Å². The minimum absolute atomic E-state index is 0.0872. The van der Waals surface area contributed by atoms with E-state index in [-0.39, 0.29) is 38.8 Å². The van der Waals surface area contributed by atoms with E-state index < -0.39 is 13.9 Å². The van der Waals surface area contributed by atoms with Gasteiger partial charge in [0.1, 0.15) is 6.10 Å². The number of carbonyl (C=O) groups excluding carboxylic acids is 1. The Morgan fingerprint density at radius 2 is 0.933 bits per heavy atom. The molecule has 3 N–H and O–H groups in total. The maximum atomic E-state index is 12.6. The molecular formula is C51H88NO7P. The van der Waals surface area contributed by atoms with Crippen molar-refractivity contribution in [2.75, 3.05) is 33.0 Å². The lowest BCUT2D eigenvalue weighted by atomic mass is 10.1. The summed E-state index contributed by atoms with van der Waals surface area (Å²) in [5, 5.41) is 0. The van der Waals surface area contributed by atoms with Gasteiger partial charge in [0.05, 0.1) is 19.8 Å². The normalized spacial score (nSPS) is 14.3. The SMILES string of the molecule is CC/C=C\C/C=C\C/C=C\C/C=C\C/C=C\CCCCCC(=O)OC(COCCCCCCCCC/C=C\C/C=C\C/C=C\CCCCCCC)COP(=O)(O)OCCN. The monoisotopic (exact) mass is 858 g/mol. The third-order valence-corrected chi connectivity index (χ3v) is 10.5. The predicted molar refractivity (Wildman–Crippen MR) is 256 cm³/mol.